The highest BCUT2D eigenvalue weighted by molar-refractivity contribution is 7.14. The van der Waals surface area contributed by atoms with Crippen LogP contribution in [0.1, 0.15) is 34.5 Å². The number of anilines is 2. The summed E-state index contributed by atoms with van der Waals surface area (Å²) < 4.78 is 0. The highest BCUT2D eigenvalue weighted by Crippen LogP contribution is 2.22. The van der Waals surface area contributed by atoms with E-state index >= 15 is 0 Å². The first-order chi connectivity index (χ1) is 14.6. The van der Waals surface area contributed by atoms with Crippen LogP contribution in [-0.2, 0) is 11.2 Å². The maximum Gasteiger partial charge on any atom is 0.271 e. The van der Waals surface area contributed by atoms with Gasteiger partial charge in [-0.3, -0.25) is 9.59 Å². The normalized spacial score (nSPS) is 14.0. The first-order valence-corrected chi connectivity index (χ1v) is 10.9. The second-order valence-corrected chi connectivity index (χ2v) is 8.39. The van der Waals surface area contributed by atoms with Gasteiger partial charge in [-0.05, 0) is 43.0 Å². The standard InChI is InChI=1S/C23H24N4O2S/c1-15-6-5-9-18(12-15)25-23-27-20(14-30-23)22(29)26-19(21(28)24-17-10-11-17)13-16-7-3-2-4-8-16/h2-9,12,14,17,19H,10-11,13H2,1H3,(H,24,28)(H,25,27)(H,26,29). The molecular formula is C23H24N4O2S. The van der Waals surface area contributed by atoms with E-state index in [9.17, 15) is 9.59 Å². The molecule has 30 heavy (non-hydrogen) atoms. The molecule has 2 amide bonds. The van der Waals surface area contributed by atoms with Crippen molar-refractivity contribution in [2.75, 3.05) is 5.32 Å². The summed E-state index contributed by atoms with van der Waals surface area (Å²) in [4.78, 5) is 29.9. The molecule has 1 heterocycles. The molecule has 1 unspecified atom stereocenters. The molecule has 1 aliphatic rings. The predicted octanol–water partition coefficient (Wildman–Crippen LogP) is 3.81. The number of aryl methyl sites for hydroxylation is 1. The lowest BCUT2D eigenvalue weighted by Gasteiger charge is -2.18. The van der Waals surface area contributed by atoms with Gasteiger partial charge in [0.25, 0.3) is 5.91 Å². The van der Waals surface area contributed by atoms with Crippen LogP contribution in [-0.4, -0.2) is 28.9 Å². The van der Waals surface area contributed by atoms with Crippen LogP contribution in [0.3, 0.4) is 0 Å². The van der Waals surface area contributed by atoms with E-state index in [4.69, 9.17) is 0 Å². The zero-order chi connectivity index (χ0) is 20.9. The maximum atomic E-state index is 12.8. The van der Waals surface area contributed by atoms with Gasteiger partial charge in [-0.25, -0.2) is 4.98 Å². The molecule has 1 aromatic heterocycles. The molecule has 3 aromatic rings. The van der Waals surface area contributed by atoms with Gasteiger partial charge in [-0.15, -0.1) is 11.3 Å². The topological polar surface area (TPSA) is 83.1 Å². The van der Waals surface area contributed by atoms with E-state index in [1.807, 2.05) is 61.5 Å². The Hall–Kier alpha value is -3.19. The molecule has 7 heteroatoms. The van der Waals surface area contributed by atoms with Crippen molar-refractivity contribution in [3.8, 4) is 0 Å². The quantitative estimate of drug-likeness (QED) is 0.517. The number of rotatable bonds is 8. The van der Waals surface area contributed by atoms with Gasteiger partial charge < -0.3 is 16.0 Å². The summed E-state index contributed by atoms with van der Waals surface area (Å²) in [5, 5.41) is 11.4. The largest absolute Gasteiger partial charge is 0.352 e. The summed E-state index contributed by atoms with van der Waals surface area (Å²) in [5.74, 6) is -0.501. The van der Waals surface area contributed by atoms with Crippen molar-refractivity contribution >= 4 is 34.0 Å². The molecule has 1 atom stereocenters. The number of hydrogen-bond acceptors (Lipinski definition) is 5. The first kappa shape index (κ1) is 20.1. The summed E-state index contributed by atoms with van der Waals surface area (Å²) in [7, 11) is 0. The molecule has 1 aliphatic carbocycles. The SMILES string of the molecule is Cc1cccc(Nc2nc(C(=O)NC(Cc3ccccc3)C(=O)NC3CC3)cs2)c1. The lowest BCUT2D eigenvalue weighted by molar-refractivity contribution is -0.123. The van der Waals surface area contributed by atoms with Gasteiger partial charge in [0.1, 0.15) is 11.7 Å². The van der Waals surface area contributed by atoms with Crippen LogP contribution in [0.25, 0.3) is 0 Å². The third-order valence-corrected chi connectivity index (χ3v) is 5.59. The first-order valence-electron chi connectivity index (χ1n) is 10.0. The number of amides is 2. The Morgan fingerprint density at radius 2 is 1.93 bits per heavy atom. The molecular weight excluding hydrogens is 396 g/mol. The van der Waals surface area contributed by atoms with Crippen LogP contribution in [0.15, 0.2) is 60.0 Å². The Labute approximate surface area is 179 Å². The van der Waals surface area contributed by atoms with Crippen molar-refractivity contribution in [3.05, 3.63) is 76.8 Å². The molecule has 1 saturated carbocycles. The van der Waals surface area contributed by atoms with Crippen LogP contribution in [0.2, 0.25) is 0 Å². The smallest absolute Gasteiger partial charge is 0.271 e. The third kappa shape index (κ3) is 5.45. The fraction of sp³-hybridized carbons (Fsp3) is 0.261. The Kier molecular flexibility index (Phi) is 6.09. The maximum absolute atomic E-state index is 12.8. The summed E-state index contributed by atoms with van der Waals surface area (Å²) in [6.07, 6.45) is 2.43. The van der Waals surface area contributed by atoms with E-state index in [1.165, 1.54) is 11.3 Å². The highest BCUT2D eigenvalue weighted by atomic mass is 32.1. The Morgan fingerprint density at radius 1 is 1.13 bits per heavy atom. The molecule has 0 bridgehead atoms. The minimum Gasteiger partial charge on any atom is -0.352 e. The van der Waals surface area contributed by atoms with Crippen LogP contribution >= 0.6 is 11.3 Å². The van der Waals surface area contributed by atoms with Gasteiger partial charge in [-0.1, -0.05) is 42.5 Å². The Morgan fingerprint density at radius 3 is 2.67 bits per heavy atom. The van der Waals surface area contributed by atoms with Crippen molar-refractivity contribution in [3.63, 3.8) is 0 Å². The molecule has 3 N–H and O–H groups in total. The molecule has 4 rings (SSSR count). The monoisotopic (exact) mass is 420 g/mol. The molecule has 154 valence electrons. The van der Waals surface area contributed by atoms with Gasteiger partial charge in [0.15, 0.2) is 5.13 Å². The van der Waals surface area contributed by atoms with E-state index in [0.29, 0.717) is 17.2 Å². The second-order valence-electron chi connectivity index (χ2n) is 7.53. The summed E-state index contributed by atoms with van der Waals surface area (Å²) in [5.41, 5.74) is 3.35. The molecule has 0 radical (unpaired) electrons. The molecule has 1 fully saturated rings. The number of aromatic nitrogens is 1. The number of benzene rings is 2. The molecule has 6 nitrogen and oxygen atoms in total. The number of hydrogen-bond donors (Lipinski definition) is 3. The van der Waals surface area contributed by atoms with Gasteiger partial charge in [0, 0.05) is 23.5 Å². The number of nitrogens with zero attached hydrogens (tertiary/aromatic N) is 1. The fourth-order valence-electron chi connectivity index (χ4n) is 3.10. The van der Waals surface area contributed by atoms with E-state index in [-0.39, 0.29) is 17.9 Å². The lowest BCUT2D eigenvalue weighted by atomic mass is 10.0. The Bertz CT molecular complexity index is 1030. The van der Waals surface area contributed by atoms with Crippen LogP contribution < -0.4 is 16.0 Å². The summed E-state index contributed by atoms with van der Waals surface area (Å²) in [6, 6.07) is 17.2. The average Bonchev–Trinajstić information content (AvgIpc) is 3.43. The number of thiazole rings is 1. The van der Waals surface area contributed by atoms with Gasteiger partial charge >= 0.3 is 0 Å². The fourth-order valence-corrected chi connectivity index (χ4v) is 3.81. The van der Waals surface area contributed by atoms with Gasteiger partial charge in [-0.2, -0.15) is 0 Å². The van der Waals surface area contributed by atoms with Crippen LogP contribution in [0.5, 0.6) is 0 Å². The van der Waals surface area contributed by atoms with Crippen LogP contribution in [0, 0.1) is 6.92 Å². The molecule has 0 spiro atoms. The van der Waals surface area contributed by atoms with Crippen molar-refractivity contribution in [2.24, 2.45) is 0 Å². The zero-order valence-electron chi connectivity index (χ0n) is 16.7. The van der Waals surface area contributed by atoms with Crippen molar-refractivity contribution in [1.29, 1.82) is 0 Å². The van der Waals surface area contributed by atoms with E-state index < -0.39 is 6.04 Å². The van der Waals surface area contributed by atoms with Crippen LogP contribution in [0.4, 0.5) is 10.8 Å². The summed E-state index contributed by atoms with van der Waals surface area (Å²) in [6.45, 7) is 2.02. The van der Waals surface area contributed by atoms with Gasteiger partial charge in [0.2, 0.25) is 5.91 Å². The highest BCUT2D eigenvalue weighted by Gasteiger charge is 2.29. The van der Waals surface area contributed by atoms with E-state index in [1.54, 1.807) is 5.38 Å². The molecule has 0 aliphatic heterocycles. The summed E-state index contributed by atoms with van der Waals surface area (Å²) >= 11 is 1.36. The number of carbonyl (C=O) groups is 2. The minimum absolute atomic E-state index is 0.150. The van der Waals surface area contributed by atoms with Gasteiger partial charge in [0.05, 0.1) is 0 Å². The Balaban J connectivity index is 1.43. The average molecular weight is 421 g/mol. The minimum atomic E-state index is -0.643. The number of nitrogens with one attached hydrogen (secondary N) is 3. The third-order valence-electron chi connectivity index (χ3n) is 4.83. The zero-order valence-corrected chi connectivity index (χ0v) is 17.5. The molecule has 2 aromatic carbocycles. The number of carbonyl (C=O) groups excluding carboxylic acids is 2. The predicted molar refractivity (Wildman–Crippen MR) is 119 cm³/mol. The van der Waals surface area contributed by atoms with Crippen molar-refractivity contribution in [2.45, 2.75) is 38.3 Å². The second kappa shape index (κ2) is 9.09. The van der Waals surface area contributed by atoms with E-state index in [0.717, 1.165) is 29.7 Å². The van der Waals surface area contributed by atoms with E-state index in [2.05, 4.69) is 20.9 Å². The lowest BCUT2D eigenvalue weighted by Crippen LogP contribution is -2.48. The molecule has 0 saturated heterocycles. The van der Waals surface area contributed by atoms with Crippen molar-refractivity contribution in [1.82, 2.24) is 15.6 Å². The van der Waals surface area contributed by atoms with Crippen molar-refractivity contribution < 1.29 is 9.59 Å².